The largest absolute Gasteiger partial charge is 0.493 e. The summed E-state index contributed by atoms with van der Waals surface area (Å²) < 4.78 is 10.9. The van der Waals surface area contributed by atoms with Gasteiger partial charge >= 0.3 is 0 Å². The second kappa shape index (κ2) is 7.88. The van der Waals surface area contributed by atoms with Crippen molar-refractivity contribution in [2.75, 3.05) is 51.0 Å². The van der Waals surface area contributed by atoms with E-state index in [9.17, 15) is 0 Å². The Morgan fingerprint density at radius 1 is 0.903 bits per heavy atom. The zero-order valence-electron chi connectivity index (χ0n) is 17.6. The van der Waals surface area contributed by atoms with Crippen LogP contribution in [0.1, 0.15) is 0 Å². The number of fused-ring (bicyclic) bond motifs is 3. The highest BCUT2D eigenvalue weighted by molar-refractivity contribution is 6.10. The zero-order chi connectivity index (χ0) is 21.4. The Bertz CT molecular complexity index is 1250. The molecule has 0 atom stereocenters. The van der Waals surface area contributed by atoms with E-state index in [1.165, 1.54) is 0 Å². The smallest absolute Gasteiger partial charge is 0.162 e. The number of nitrogens with one attached hydrogen (secondary N) is 1. The van der Waals surface area contributed by atoms with Gasteiger partial charge in [0.05, 0.1) is 25.4 Å². The molecule has 0 amide bonds. The average molecular weight is 416 g/mol. The third-order valence-corrected chi connectivity index (χ3v) is 5.70. The summed E-state index contributed by atoms with van der Waals surface area (Å²) in [5.74, 6) is 2.69. The molecule has 8 heteroatoms. The fraction of sp³-hybridized carbons (Fsp3) is 0.261. The van der Waals surface area contributed by atoms with Crippen LogP contribution in [0.15, 0.2) is 42.7 Å². The normalized spacial score (nSPS) is 14.2. The first kappa shape index (κ1) is 19.3. The number of anilines is 2. The number of methoxy groups -OCH3 is 2. The standard InChI is InChI=1S/C23H24N6O2/c1-30-20-10-16-15-9-18(14-3-4-22(27-12-14)29-7-5-25-6-8-29)28-23(24)17(15)13-26-19(16)11-21(20)31-2/h3-4,9-13,25H,5-8H2,1-2H3,(H2,24,28). The molecule has 0 bridgehead atoms. The molecule has 0 unspecified atom stereocenters. The summed E-state index contributed by atoms with van der Waals surface area (Å²) in [4.78, 5) is 16.1. The molecule has 1 saturated heterocycles. The number of ether oxygens (including phenoxy) is 2. The van der Waals surface area contributed by atoms with E-state index in [1.54, 1.807) is 20.4 Å². The molecule has 3 aromatic heterocycles. The van der Waals surface area contributed by atoms with E-state index in [0.29, 0.717) is 17.3 Å². The molecule has 1 aromatic carbocycles. The number of nitrogens with two attached hydrogens (primary N) is 1. The predicted molar refractivity (Wildman–Crippen MR) is 123 cm³/mol. The molecule has 0 radical (unpaired) electrons. The molecule has 0 saturated carbocycles. The quantitative estimate of drug-likeness (QED) is 0.490. The molecule has 8 nitrogen and oxygen atoms in total. The Morgan fingerprint density at radius 3 is 2.39 bits per heavy atom. The van der Waals surface area contributed by atoms with Crippen molar-refractivity contribution in [1.29, 1.82) is 0 Å². The van der Waals surface area contributed by atoms with Gasteiger partial charge in [-0.15, -0.1) is 0 Å². The van der Waals surface area contributed by atoms with E-state index in [2.05, 4.69) is 25.2 Å². The molecular weight excluding hydrogens is 392 g/mol. The van der Waals surface area contributed by atoms with Crippen LogP contribution < -0.4 is 25.4 Å². The third-order valence-electron chi connectivity index (χ3n) is 5.70. The molecule has 5 rings (SSSR count). The maximum Gasteiger partial charge on any atom is 0.162 e. The van der Waals surface area contributed by atoms with Crippen molar-refractivity contribution in [1.82, 2.24) is 20.3 Å². The van der Waals surface area contributed by atoms with Crippen molar-refractivity contribution in [3.63, 3.8) is 0 Å². The van der Waals surface area contributed by atoms with Gasteiger partial charge in [0, 0.05) is 61.0 Å². The average Bonchev–Trinajstić information content (AvgIpc) is 2.83. The van der Waals surface area contributed by atoms with Crippen LogP contribution in [0.3, 0.4) is 0 Å². The third kappa shape index (κ3) is 3.44. The molecule has 4 aromatic rings. The molecular formula is C23H24N6O2. The van der Waals surface area contributed by atoms with Crippen LogP contribution in [0.25, 0.3) is 32.9 Å². The Morgan fingerprint density at radius 2 is 1.68 bits per heavy atom. The number of hydrogen-bond acceptors (Lipinski definition) is 8. The van der Waals surface area contributed by atoms with E-state index in [-0.39, 0.29) is 0 Å². The van der Waals surface area contributed by atoms with Crippen LogP contribution in [-0.2, 0) is 0 Å². The lowest BCUT2D eigenvalue weighted by molar-refractivity contribution is 0.356. The van der Waals surface area contributed by atoms with Crippen molar-refractivity contribution >= 4 is 33.3 Å². The first-order chi connectivity index (χ1) is 15.2. The Balaban J connectivity index is 1.61. The number of nitrogen functional groups attached to an aromatic ring is 1. The van der Waals surface area contributed by atoms with E-state index >= 15 is 0 Å². The van der Waals surface area contributed by atoms with Gasteiger partial charge in [0.2, 0.25) is 0 Å². The summed E-state index contributed by atoms with van der Waals surface area (Å²) >= 11 is 0. The number of aromatic nitrogens is 3. The highest BCUT2D eigenvalue weighted by Gasteiger charge is 2.15. The second-order valence-corrected chi connectivity index (χ2v) is 7.48. The van der Waals surface area contributed by atoms with E-state index < -0.39 is 0 Å². The van der Waals surface area contributed by atoms with Gasteiger partial charge in [-0.1, -0.05) is 0 Å². The van der Waals surface area contributed by atoms with Crippen molar-refractivity contribution in [3.05, 3.63) is 42.7 Å². The minimum absolute atomic E-state index is 0.433. The fourth-order valence-electron chi connectivity index (χ4n) is 4.02. The highest BCUT2D eigenvalue weighted by atomic mass is 16.5. The SMILES string of the molecule is COc1cc2ncc3c(N)nc(-c4ccc(N5CCNCC5)nc4)cc3c2cc1OC. The first-order valence-corrected chi connectivity index (χ1v) is 10.2. The molecule has 158 valence electrons. The maximum atomic E-state index is 6.32. The predicted octanol–water partition coefficient (Wildman–Crippen LogP) is 2.85. The van der Waals surface area contributed by atoms with Gasteiger partial charge in [-0.2, -0.15) is 0 Å². The van der Waals surface area contributed by atoms with Crippen LogP contribution in [0.2, 0.25) is 0 Å². The van der Waals surface area contributed by atoms with Crippen LogP contribution in [0, 0.1) is 0 Å². The van der Waals surface area contributed by atoms with E-state index in [4.69, 9.17) is 15.2 Å². The molecule has 1 aliphatic heterocycles. The number of benzene rings is 1. The van der Waals surface area contributed by atoms with Crippen molar-refractivity contribution in [2.45, 2.75) is 0 Å². The summed E-state index contributed by atoms with van der Waals surface area (Å²) in [6.45, 7) is 3.86. The topological polar surface area (TPSA) is 98.4 Å². The van der Waals surface area contributed by atoms with Gasteiger partial charge in [0.15, 0.2) is 11.5 Å². The summed E-state index contributed by atoms with van der Waals surface area (Å²) in [6.07, 6.45) is 3.61. The van der Waals surface area contributed by atoms with Gasteiger partial charge in [0.1, 0.15) is 11.6 Å². The van der Waals surface area contributed by atoms with Crippen LogP contribution >= 0.6 is 0 Å². The van der Waals surface area contributed by atoms with E-state index in [0.717, 1.165) is 64.9 Å². The lowest BCUT2D eigenvalue weighted by Crippen LogP contribution is -2.43. The zero-order valence-corrected chi connectivity index (χ0v) is 17.6. The fourth-order valence-corrected chi connectivity index (χ4v) is 4.02. The number of rotatable bonds is 4. The van der Waals surface area contributed by atoms with Gasteiger partial charge in [-0.05, 0) is 29.7 Å². The van der Waals surface area contributed by atoms with Crippen LogP contribution in [-0.4, -0.2) is 55.4 Å². The van der Waals surface area contributed by atoms with Crippen LogP contribution in [0.5, 0.6) is 11.5 Å². The summed E-state index contributed by atoms with van der Waals surface area (Å²) in [6, 6.07) is 9.92. The Hall–Kier alpha value is -3.65. The Labute approximate surface area is 180 Å². The second-order valence-electron chi connectivity index (χ2n) is 7.48. The van der Waals surface area contributed by atoms with Gasteiger partial charge < -0.3 is 25.4 Å². The number of pyridine rings is 3. The minimum Gasteiger partial charge on any atom is -0.493 e. The lowest BCUT2D eigenvalue weighted by Gasteiger charge is -2.28. The van der Waals surface area contributed by atoms with E-state index in [1.807, 2.05) is 36.5 Å². The van der Waals surface area contributed by atoms with Crippen molar-refractivity contribution in [2.24, 2.45) is 0 Å². The first-order valence-electron chi connectivity index (χ1n) is 10.2. The number of piperazine rings is 1. The molecule has 0 spiro atoms. The van der Waals surface area contributed by atoms with Crippen molar-refractivity contribution < 1.29 is 9.47 Å². The Kier molecular flexibility index (Phi) is 4.91. The minimum atomic E-state index is 0.433. The number of nitrogens with zero attached hydrogens (tertiary/aromatic N) is 4. The van der Waals surface area contributed by atoms with Crippen molar-refractivity contribution in [3.8, 4) is 22.8 Å². The number of hydrogen-bond donors (Lipinski definition) is 2. The monoisotopic (exact) mass is 416 g/mol. The van der Waals surface area contributed by atoms with Gasteiger partial charge in [0.25, 0.3) is 0 Å². The molecule has 0 aliphatic carbocycles. The van der Waals surface area contributed by atoms with Gasteiger partial charge in [-0.3, -0.25) is 4.98 Å². The summed E-state index contributed by atoms with van der Waals surface area (Å²) in [5, 5.41) is 6.04. The molecule has 1 aliphatic rings. The van der Waals surface area contributed by atoms with Gasteiger partial charge in [-0.25, -0.2) is 9.97 Å². The highest BCUT2D eigenvalue weighted by Crippen LogP contribution is 2.37. The van der Waals surface area contributed by atoms with Crippen LogP contribution in [0.4, 0.5) is 11.6 Å². The lowest BCUT2D eigenvalue weighted by atomic mass is 10.0. The summed E-state index contributed by atoms with van der Waals surface area (Å²) in [5.41, 5.74) is 8.80. The molecule has 3 N–H and O–H groups in total. The molecule has 4 heterocycles. The molecule has 1 fully saturated rings. The summed E-state index contributed by atoms with van der Waals surface area (Å²) in [7, 11) is 3.23. The molecule has 31 heavy (non-hydrogen) atoms. The maximum absolute atomic E-state index is 6.32.